The fourth-order valence-corrected chi connectivity index (χ4v) is 4.88. The topological polar surface area (TPSA) is 55.7 Å². The maximum Gasteiger partial charge on any atom is 0.123 e. The highest BCUT2D eigenvalue weighted by atomic mass is 16.5. The summed E-state index contributed by atoms with van der Waals surface area (Å²) < 4.78 is 13.7. The third-order valence-electron chi connectivity index (χ3n) is 6.36. The lowest BCUT2D eigenvalue weighted by molar-refractivity contribution is -0.0669. The van der Waals surface area contributed by atoms with Gasteiger partial charge >= 0.3 is 0 Å². The predicted octanol–water partition coefficient (Wildman–Crippen LogP) is 2.23. The third-order valence-corrected chi connectivity index (χ3v) is 6.36. The van der Waals surface area contributed by atoms with Gasteiger partial charge in [-0.2, -0.15) is 0 Å². The molecule has 1 aromatic heterocycles. The number of nitrogens with zero attached hydrogens (tertiary/aromatic N) is 5. The fourth-order valence-electron chi connectivity index (χ4n) is 4.88. The number of piperidine rings is 1. The van der Waals surface area contributed by atoms with E-state index in [0.717, 1.165) is 44.0 Å². The van der Waals surface area contributed by atoms with Crippen LogP contribution < -0.4 is 4.74 Å². The Hall–Kier alpha value is -1.96. The van der Waals surface area contributed by atoms with Crippen molar-refractivity contribution in [1.82, 2.24) is 24.8 Å². The molecule has 0 aliphatic carbocycles. The Morgan fingerprint density at radius 3 is 2.89 bits per heavy atom. The van der Waals surface area contributed by atoms with Crippen molar-refractivity contribution >= 4 is 0 Å². The van der Waals surface area contributed by atoms with Crippen LogP contribution in [0.4, 0.5) is 0 Å². The Morgan fingerprint density at radius 2 is 2.04 bits per heavy atom. The molecule has 2 saturated heterocycles. The van der Waals surface area contributed by atoms with Gasteiger partial charge in [-0.25, -0.2) is 4.68 Å². The molecule has 28 heavy (non-hydrogen) atoms. The summed E-state index contributed by atoms with van der Waals surface area (Å²) in [6.07, 6.45) is 5.74. The van der Waals surface area contributed by atoms with Gasteiger partial charge in [0.05, 0.1) is 37.8 Å². The van der Waals surface area contributed by atoms with Crippen LogP contribution in [0.15, 0.2) is 24.4 Å². The first-order valence-electron chi connectivity index (χ1n) is 10.4. The summed E-state index contributed by atoms with van der Waals surface area (Å²) in [5, 5.41) is 8.39. The van der Waals surface area contributed by atoms with E-state index < -0.39 is 0 Å². The van der Waals surface area contributed by atoms with E-state index in [-0.39, 0.29) is 12.1 Å². The zero-order valence-corrected chi connectivity index (χ0v) is 16.6. The van der Waals surface area contributed by atoms with E-state index in [0.29, 0.717) is 6.61 Å². The van der Waals surface area contributed by atoms with Gasteiger partial charge in [0.1, 0.15) is 5.75 Å². The molecule has 0 amide bonds. The molecule has 0 radical (unpaired) electrons. The average molecular weight is 383 g/mol. The van der Waals surface area contributed by atoms with E-state index >= 15 is 0 Å². The summed E-state index contributed by atoms with van der Waals surface area (Å²) in [5.74, 6) is 1.00. The van der Waals surface area contributed by atoms with Crippen LogP contribution in [0.1, 0.15) is 42.1 Å². The van der Waals surface area contributed by atoms with Gasteiger partial charge in [0.15, 0.2) is 0 Å². The lowest BCUT2D eigenvalue weighted by Gasteiger charge is -2.41. The van der Waals surface area contributed by atoms with Crippen molar-refractivity contribution in [2.45, 2.75) is 51.1 Å². The monoisotopic (exact) mass is 383 g/mol. The SMILES string of the molecule is COc1ccc(CN2CC[C@H]3OCc4cnnn4[C@H]3C2)cc1CN1CCCC1. The van der Waals surface area contributed by atoms with E-state index in [1.54, 1.807) is 7.11 Å². The number of methoxy groups -OCH3 is 1. The van der Waals surface area contributed by atoms with E-state index in [1.165, 1.54) is 37.1 Å². The normalized spacial score (nSPS) is 25.5. The van der Waals surface area contributed by atoms with Crippen LogP contribution in [-0.2, 0) is 24.4 Å². The fraction of sp³-hybridized carbons (Fsp3) is 0.619. The van der Waals surface area contributed by atoms with Gasteiger partial charge in [-0.3, -0.25) is 9.80 Å². The quantitative estimate of drug-likeness (QED) is 0.789. The minimum absolute atomic E-state index is 0.257. The number of aromatic nitrogens is 3. The smallest absolute Gasteiger partial charge is 0.123 e. The van der Waals surface area contributed by atoms with Crippen molar-refractivity contribution < 1.29 is 9.47 Å². The molecule has 7 nitrogen and oxygen atoms in total. The molecule has 3 aliphatic rings. The van der Waals surface area contributed by atoms with E-state index in [2.05, 4.69) is 43.0 Å². The number of ether oxygens (including phenoxy) is 2. The molecular weight excluding hydrogens is 354 g/mol. The highest BCUT2D eigenvalue weighted by molar-refractivity contribution is 5.37. The molecule has 4 heterocycles. The molecule has 2 atom stereocenters. The summed E-state index contributed by atoms with van der Waals surface area (Å²) in [6, 6.07) is 6.94. The van der Waals surface area contributed by atoms with Gasteiger partial charge < -0.3 is 9.47 Å². The van der Waals surface area contributed by atoms with Crippen molar-refractivity contribution in [3.05, 3.63) is 41.2 Å². The molecule has 3 aliphatic heterocycles. The highest BCUT2D eigenvalue weighted by Gasteiger charge is 2.36. The van der Waals surface area contributed by atoms with Gasteiger partial charge in [0.2, 0.25) is 0 Å². The van der Waals surface area contributed by atoms with Crippen LogP contribution in [0.25, 0.3) is 0 Å². The first-order chi connectivity index (χ1) is 13.8. The standard InChI is InChI=1S/C21H29N5O2/c1-27-20-5-4-16(10-17(20)13-24-7-2-3-8-24)12-25-9-6-21-19(14-25)26-18(15-28-21)11-22-23-26/h4-5,10-11,19,21H,2-3,6-9,12-15H2,1H3/t19-,21+/m0/s1. The van der Waals surface area contributed by atoms with Crippen molar-refractivity contribution in [2.75, 3.05) is 33.3 Å². The lowest BCUT2D eigenvalue weighted by atomic mass is 9.99. The predicted molar refractivity (Wildman–Crippen MR) is 105 cm³/mol. The van der Waals surface area contributed by atoms with E-state index in [1.807, 2.05) is 6.20 Å². The molecule has 2 fully saturated rings. The molecule has 7 heteroatoms. The van der Waals surface area contributed by atoms with Crippen molar-refractivity contribution in [2.24, 2.45) is 0 Å². The van der Waals surface area contributed by atoms with Crippen LogP contribution >= 0.6 is 0 Å². The maximum absolute atomic E-state index is 6.04. The zero-order valence-electron chi connectivity index (χ0n) is 16.6. The van der Waals surface area contributed by atoms with Crippen molar-refractivity contribution in [3.63, 3.8) is 0 Å². The lowest BCUT2D eigenvalue weighted by Crippen LogP contribution is -2.47. The Morgan fingerprint density at radius 1 is 1.14 bits per heavy atom. The molecule has 2 aromatic rings. The molecule has 0 bridgehead atoms. The van der Waals surface area contributed by atoms with Crippen LogP contribution in [0.2, 0.25) is 0 Å². The van der Waals surface area contributed by atoms with Crippen LogP contribution in [0.5, 0.6) is 5.75 Å². The Balaban J connectivity index is 1.30. The van der Waals surface area contributed by atoms with Gasteiger partial charge in [-0.15, -0.1) is 5.10 Å². The van der Waals surface area contributed by atoms with Crippen LogP contribution in [0, 0.1) is 0 Å². The average Bonchev–Trinajstić information content (AvgIpc) is 3.40. The maximum atomic E-state index is 6.04. The van der Waals surface area contributed by atoms with Gasteiger partial charge in [-0.05, 0) is 50.0 Å². The molecule has 5 rings (SSSR count). The van der Waals surface area contributed by atoms with Crippen molar-refractivity contribution in [1.29, 1.82) is 0 Å². The molecule has 0 saturated carbocycles. The summed E-state index contributed by atoms with van der Waals surface area (Å²) >= 11 is 0. The van der Waals surface area contributed by atoms with Gasteiger partial charge in [0, 0.05) is 31.7 Å². The molecule has 0 spiro atoms. The number of rotatable bonds is 5. The third kappa shape index (κ3) is 3.54. The number of fused-ring (bicyclic) bond motifs is 3. The van der Waals surface area contributed by atoms with Gasteiger partial charge in [-0.1, -0.05) is 11.3 Å². The first-order valence-corrected chi connectivity index (χ1v) is 10.4. The van der Waals surface area contributed by atoms with Gasteiger partial charge in [0.25, 0.3) is 0 Å². The highest BCUT2D eigenvalue weighted by Crippen LogP contribution is 2.31. The summed E-state index contributed by atoms with van der Waals surface area (Å²) in [4.78, 5) is 5.04. The second-order valence-electron chi connectivity index (χ2n) is 8.24. The van der Waals surface area contributed by atoms with Crippen LogP contribution in [0.3, 0.4) is 0 Å². The minimum Gasteiger partial charge on any atom is -0.496 e. The Bertz CT molecular complexity index is 817. The number of likely N-dealkylation sites (tertiary alicyclic amines) is 2. The second-order valence-corrected chi connectivity index (χ2v) is 8.24. The molecule has 0 unspecified atom stereocenters. The van der Waals surface area contributed by atoms with E-state index in [4.69, 9.17) is 9.47 Å². The molecular formula is C21H29N5O2. The summed E-state index contributed by atoms with van der Waals surface area (Å²) in [5.41, 5.74) is 3.74. The number of hydrogen-bond donors (Lipinski definition) is 0. The van der Waals surface area contributed by atoms with Crippen molar-refractivity contribution in [3.8, 4) is 5.75 Å². The number of benzene rings is 1. The molecule has 150 valence electrons. The first kappa shape index (κ1) is 18.1. The molecule has 1 aromatic carbocycles. The summed E-state index contributed by atoms with van der Waals surface area (Å²) in [7, 11) is 1.77. The second kappa shape index (κ2) is 7.81. The zero-order chi connectivity index (χ0) is 18.9. The Kier molecular flexibility index (Phi) is 5.05. The van der Waals surface area contributed by atoms with E-state index in [9.17, 15) is 0 Å². The minimum atomic E-state index is 0.257. The number of hydrogen-bond acceptors (Lipinski definition) is 6. The largest absolute Gasteiger partial charge is 0.496 e. The molecule has 0 N–H and O–H groups in total. The van der Waals surface area contributed by atoms with Crippen LogP contribution in [-0.4, -0.2) is 64.2 Å². The Labute approximate surface area is 166 Å². The summed E-state index contributed by atoms with van der Waals surface area (Å²) in [6.45, 7) is 6.97.